The zero-order valence-electron chi connectivity index (χ0n) is 13.7. The van der Waals surface area contributed by atoms with Crippen LogP contribution in [-0.4, -0.2) is 22.7 Å². The predicted molar refractivity (Wildman–Crippen MR) is 92.4 cm³/mol. The van der Waals surface area contributed by atoms with Crippen molar-refractivity contribution in [3.63, 3.8) is 0 Å². The van der Waals surface area contributed by atoms with Crippen molar-refractivity contribution in [2.75, 3.05) is 6.54 Å². The highest BCUT2D eigenvalue weighted by atomic mass is 35.5. The van der Waals surface area contributed by atoms with Crippen molar-refractivity contribution in [2.24, 2.45) is 0 Å². The van der Waals surface area contributed by atoms with Crippen molar-refractivity contribution in [1.82, 2.24) is 10.5 Å². The van der Waals surface area contributed by atoms with E-state index >= 15 is 0 Å². The molecule has 0 spiro atoms. The third kappa shape index (κ3) is 3.60. The van der Waals surface area contributed by atoms with E-state index in [1.165, 1.54) is 0 Å². The normalized spacial score (nSPS) is 12.2. The summed E-state index contributed by atoms with van der Waals surface area (Å²) in [5.41, 5.74) is 1.26. The third-order valence-corrected chi connectivity index (χ3v) is 4.09. The molecule has 2 aromatic heterocycles. The van der Waals surface area contributed by atoms with E-state index in [1.54, 1.807) is 50.2 Å². The second kappa shape index (κ2) is 7.13. The molecule has 0 radical (unpaired) electrons. The van der Waals surface area contributed by atoms with Crippen molar-refractivity contribution < 1.29 is 18.8 Å². The van der Waals surface area contributed by atoms with Gasteiger partial charge in [0.1, 0.15) is 34.6 Å². The van der Waals surface area contributed by atoms with Crippen LogP contribution in [0.4, 0.5) is 0 Å². The molecule has 2 N–H and O–H groups in total. The molecular formula is C18H17ClN2O4. The second-order valence-electron chi connectivity index (χ2n) is 5.62. The standard InChI is InChI=1S/C18H17ClN2O4/c1-10-7-8-15(24-10)14(22)9-20-18(23)16-11(2)25-21-17(16)12-5-3-4-6-13(12)19/h3-8,14,22H,9H2,1-2H3,(H,20,23)/t14-/m1/s1. The maximum atomic E-state index is 12.6. The van der Waals surface area contributed by atoms with Crippen molar-refractivity contribution in [2.45, 2.75) is 20.0 Å². The Labute approximate surface area is 149 Å². The van der Waals surface area contributed by atoms with Crippen LogP contribution in [0.2, 0.25) is 5.02 Å². The fourth-order valence-corrected chi connectivity index (χ4v) is 2.71. The molecule has 0 aliphatic heterocycles. The number of halogens is 1. The van der Waals surface area contributed by atoms with Gasteiger partial charge in [-0.25, -0.2) is 0 Å². The third-order valence-electron chi connectivity index (χ3n) is 3.76. The fraction of sp³-hybridized carbons (Fsp3) is 0.222. The molecule has 1 aromatic carbocycles. The minimum Gasteiger partial charge on any atom is -0.464 e. The van der Waals surface area contributed by atoms with Gasteiger partial charge in [-0.1, -0.05) is 35.0 Å². The number of aryl methyl sites for hydroxylation is 2. The molecule has 7 heteroatoms. The zero-order chi connectivity index (χ0) is 18.0. The molecule has 3 rings (SSSR count). The van der Waals surface area contributed by atoms with Crippen molar-refractivity contribution in [1.29, 1.82) is 0 Å². The Morgan fingerprint density at radius 2 is 2.04 bits per heavy atom. The summed E-state index contributed by atoms with van der Waals surface area (Å²) in [6.45, 7) is 3.43. The highest BCUT2D eigenvalue weighted by molar-refractivity contribution is 6.33. The first-order valence-corrected chi connectivity index (χ1v) is 8.09. The summed E-state index contributed by atoms with van der Waals surface area (Å²) >= 11 is 6.19. The Kier molecular flexibility index (Phi) is 4.92. The molecule has 1 atom stereocenters. The highest BCUT2D eigenvalue weighted by Gasteiger charge is 2.23. The number of hydrogen-bond acceptors (Lipinski definition) is 5. The lowest BCUT2D eigenvalue weighted by atomic mass is 10.1. The highest BCUT2D eigenvalue weighted by Crippen LogP contribution is 2.31. The molecule has 0 aliphatic rings. The van der Waals surface area contributed by atoms with E-state index in [9.17, 15) is 9.90 Å². The maximum absolute atomic E-state index is 12.6. The number of rotatable bonds is 5. The Morgan fingerprint density at radius 3 is 2.72 bits per heavy atom. The first-order valence-electron chi connectivity index (χ1n) is 7.71. The first kappa shape index (κ1) is 17.3. The molecule has 0 bridgehead atoms. The molecule has 0 fully saturated rings. The van der Waals surface area contributed by atoms with Crippen molar-refractivity contribution in [3.05, 3.63) is 64.3 Å². The molecule has 2 heterocycles. The van der Waals surface area contributed by atoms with Crippen LogP contribution in [0.5, 0.6) is 0 Å². The topological polar surface area (TPSA) is 88.5 Å². The molecule has 0 aliphatic carbocycles. The van der Waals surface area contributed by atoms with Gasteiger partial charge < -0.3 is 19.4 Å². The lowest BCUT2D eigenvalue weighted by molar-refractivity contribution is 0.0899. The average Bonchev–Trinajstić information content (AvgIpc) is 3.19. The SMILES string of the molecule is Cc1ccc([C@H](O)CNC(=O)c2c(-c3ccccc3Cl)noc2C)o1. The number of benzene rings is 1. The number of carbonyl (C=O) groups excluding carboxylic acids is 1. The molecular weight excluding hydrogens is 344 g/mol. The second-order valence-corrected chi connectivity index (χ2v) is 6.02. The number of nitrogens with zero attached hydrogens (tertiary/aromatic N) is 1. The van der Waals surface area contributed by atoms with Crippen LogP contribution in [0.15, 0.2) is 45.3 Å². The van der Waals surface area contributed by atoms with Crippen LogP contribution < -0.4 is 5.32 Å². The van der Waals surface area contributed by atoms with Crippen LogP contribution in [0, 0.1) is 13.8 Å². The summed E-state index contributed by atoms with van der Waals surface area (Å²) in [5.74, 6) is 1.05. The van der Waals surface area contributed by atoms with Crippen LogP contribution in [0.25, 0.3) is 11.3 Å². The van der Waals surface area contributed by atoms with Crippen molar-refractivity contribution >= 4 is 17.5 Å². The van der Waals surface area contributed by atoms with Crippen LogP contribution in [0.1, 0.15) is 33.7 Å². The number of nitrogens with one attached hydrogen (secondary N) is 1. The number of aromatic nitrogens is 1. The molecule has 130 valence electrons. The summed E-state index contributed by atoms with van der Waals surface area (Å²) in [4.78, 5) is 12.6. The smallest absolute Gasteiger partial charge is 0.257 e. The van der Waals surface area contributed by atoms with Crippen LogP contribution in [0.3, 0.4) is 0 Å². The Hall–Kier alpha value is -2.57. The number of aliphatic hydroxyl groups is 1. The summed E-state index contributed by atoms with van der Waals surface area (Å²) in [7, 11) is 0. The zero-order valence-corrected chi connectivity index (χ0v) is 14.5. The molecule has 6 nitrogen and oxygen atoms in total. The van der Waals surface area contributed by atoms with Gasteiger partial charge in [0, 0.05) is 5.56 Å². The Bertz CT molecular complexity index is 900. The van der Waals surface area contributed by atoms with Gasteiger partial charge in [-0.3, -0.25) is 4.79 Å². The number of aliphatic hydroxyl groups excluding tert-OH is 1. The lowest BCUT2D eigenvalue weighted by Crippen LogP contribution is -2.28. The predicted octanol–water partition coefficient (Wildman–Crippen LogP) is 3.67. The molecule has 0 saturated heterocycles. The van der Waals surface area contributed by atoms with Crippen LogP contribution >= 0.6 is 11.6 Å². The largest absolute Gasteiger partial charge is 0.464 e. The molecule has 0 unspecified atom stereocenters. The van der Waals surface area contributed by atoms with Gasteiger partial charge in [-0.05, 0) is 32.0 Å². The Balaban J connectivity index is 1.79. The molecule has 1 amide bonds. The minimum absolute atomic E-state index is 0.00162. The summed E-state index contributed by atoms with van der Waals surface area (Å²) < 4.78 is 10.5. The van der Waals surface area contributed by atoms with E-state index in [-0.39, 0.29) is 12.1 Å². The van der Waals surface area contributed by atoms with Gasteiger partial charge in [0.05, 0.1) is 11.6 Å². The number of hydrogen-bond donors (Lipinski definition) is 2. The summed E-state index contributed by atoms with van der Waals surface area (Å²) in [5, 5.41) is 17.2. The fourth-order valence-electron chi connectivity index (χ4n) is 2.49. The Morgan fingerprint density at radius 1 is 1.28 bits per heavy atom. The number of carbonyl (C=O) groups is 1. The molecule has 25 heavy (non-hydrogen) atoms. The number of furan rings is 1. The van der Waals surface area contributed by atoms with E-state index in [1.807, 2.05) is 0 Å². The van der Waals surface area contributed by atoms with Gasteiger partial charge in [-0.2, -0.15) is 0 Å². The van der Waals surface area contributed by atoms with Gasteiger partial charge in [0.25, 0.3) is 5.91 Å². The van der Waals surface area contributed by atoms with Gasteiger partial charge in [-0.15, -0.1) is 0 Å². The number of amides is 1. The van der Waals surface area contributed by atoms with Crippen molar-refractivity contribution in [3.8, 4) is 11.3 Å². The summed E-state index contributed by atoms with van der Waals surface area (Å²) in [6.07, 6.45) is -0.943. The quantitative estimate of drug-likeness (QED) is 0.724. The van der Waals surface area contributed by atoms with Crippen LogP contribution in [-0.2, 0) is 0 Å². The first-order chi connectivity index (χ1) is 12.0. The maximum Gasteiger partial charge on any atom is 0.257 e. The van der Waals surface area contributed by atoms with Gasteiger partial charge in [0.2, 0.25) is 0 Å². The van der Waals surface area contributed by atoms with Gasteiger partial charge >= 0.3 is 0 Å². The molecule has 3 aromatic rings. The van der Waals surface area contributed by atoms with E-state index in [2.05, 4.69) is 10.5 Å². The minimum atomic E-state index is -0.943. The van der Waals surface area contributed by atoms with E-state index in [4.69, 9.17) is 20.5 Å². The van der Waals surface area contributed by atoms with E-state index in [0.717, 1.165) is 0 Å². The molecule has 0 saturated carbocycles. The van der Waals surface area contributed by atoms with Gasteiger partial charge in [0.15, 0.2) is 0 Å². The lowest BCUT2D eigenvalue weighted by Gasteiger charge is -2.10. The van der Waals surface area contributed by atoms with E-state index < -0.39 is 12.0 Å². The van der Waals surface area contributed by atoms with E-state index in [0.29, 0.717) is 33.6 Å². The average molecular weight is 361 g/mol. The monoisotopic (exact) mass is 360 g/mol. The summed E-state index contributed by atoms with van der Waals surface area (Å²) in [6, 6.07) is 10.5.